The van der Waals surface area contributed by atoms with Crippen molar-refractivity contribution in [2.24, 2.45) is 0 Å². The Morgan fingerprint density at radius 1 is 1.00 bits per heavy atom. The molecule has 1 amide bonds. The molecule has 1 aromatic carbocycles. The number of rotatable bonds is 4. The van der Waals surface area contributed by atoms with Crippen molar-refractivity contribution >= 4 is 22.6 Å². The molecular formula is C22H22N6O2. The van der Waals surface area contributed by atoms with Gasteiger partial charge in [0.1, 0.15) is 12.1 Å². The molecule has 0 radical (unpaired) electrons. The van der Waals surface area contributed by atoms with Crippen molar-refractivity contribution in [3.63, 3.8) is 0 Å². The molecule has 152 valence electrons. The van der Waals surface area contributed by atoms with E-state index in [1.807, 2.05) is 52.0 Å². The van der Waals surface area contributed by atoms with E-state index in [9.17, 15) is 4.79 Å². The zero-order valence-electron chi connectivity index (χ0n) is 17.5. The smallest absolute Gasteiger partial charge is 0.256 e. The number of aryl methyl sites for hydroxylation is 4. The Morgan fingerprint density at radius 3 is 2.30 bits per heavy atom. The first kappa shape index (κ1) is 19.5. The van der Waals surface area contributed by atoms with Crippen LogP contribution in [0, 0.1) is 27.7 Å². The first-order valence-corrected chi connectivity index (χ1v) is 9.50. The van der Waals surface area contributed by atoms with E-state index in [2.05, 4.69) is 25.4 Å². The third-order valence-corrected chi connectivity index (χ3v) is 4.97. The Labute approximate surface area is 174 Å². The second-order valence-electron chi connectivity index (χ2n) is 7.08. The first-order valence-electron chi connectivity index (χ1n) is 9.50. The zero-order valence-corrected chi connectivity index (χ0v) is 17.5. The summed E-state index contributed by atoms with van der Waals surface area (Å²) >= 11 is 0. The van der Waals surface area contributed by atoms with Gasteiger partial charge in [0.15, 0.2) is 5.65 Å². The fraction of sp³-hybridized carbons (Fsp3) is 0.227. The number of hydrogen-bond acceptors (Lipinski definition) is 6. The molecule has 3 heterocycles. The van der Waals surface area contributed by atoms with Crippen LogP contribution in [0.3, 0.4) is 0 Å². The van der Waals surface area contributed by atoms with E-state index in [-0.39, 0.29) is 5.91 Å². The number of nitrogens with one attached hydrogen (secondary N) is 1. The summed E-state index contributed by atoms with van der Waals surface area (Å²) < 4.78 is 6.98. The number of nitrogens with zero attached hydrogens (tertiary/aromatic N) is 5. The van der Waals surface area contributed by atoms with Crippen LogP contribution in [0.2, 0.25) is 0 Å². The Bertz CT molecular complexity index is 1240. The highest BCUT2D eigenvalue weighted by molar-refractivity contribution is 6.13. The van der Waals surface area contributed by atoms with Gasteiger partial charge in [-0.25, -0.2) is 19.6 Å². The minimum atomic E-state index is -0.246. The van der Waals surface area contributed by atoms with Gasteiger partial charge in [-0.3, -0.25) is 4.79 Å². The number of fused-ring (bicyclic) bond motifs is 1. The monoisotopic (exact) mass is 402 g/mol. The molecule has 8 nitrogen and oxygen atoms in total. The SMILES string of the molecule is COc1ccc(-n2nc(C)c3c(C(=O)Nc4c(C)ncnc4C)cc(C)nc32)cc1. The van der Waals surface area contributed by atoms with Crippen molar-refractivity contribution < 1.29 is 9.53 Å². The van der Waals surface area contributed by atoms with Gasteiger partial charge < -0.3 is 10.1 Å². The molecule has 0 atom stereocenters. The fourth-order valence-electron chi connectivity index (χ4n) is 3.45. The molecule has 3 aromatic heterocycles. The van der Waals surface area contributed by atoms with Crippen LogP contribution in [0.15, 0.2) is 36.7 Å². The van der Waals surface area contributed by atoms with Gasteiger partial charge in [-0.15, -0.1) is 0 Å². The van der Waals surface area contributed by atoms with Gasteiger partial charge in [0, 0.05) is 5.69 Å². The van der Waals surface area contributed by atoms with E-state index in [0.717, 1.165) is 22.8 Å². The Balaban J connectivity index is 1.83. The molecule has 0 bridgehead atoms. The number of pyridine rings is 1. The lowest BCUT2D eigenvalue weighted by molar-refractivity contribution is 0.102. The van der Waals surface area contributed by atoms with Crippen LogP contribution in [0.1, 0.15) is 33.1 Å². The molecule has 0 fully saturated rings. The highest BCUT2D eigenvalue weighted by Gasteiger charge is 2.21. The van der Waals surface area contributed by atoms with E-state index in [1.165, 1.54) is 6.33 Å². The topological polar surface area (TPSA) is 94.8 Å². The Hall–Kier alpha value is -3.81. The maximum Gasteiger partial charge on any atom is 0.256 e. The molecule has 0 unspecified atom stereocenters. The van der Waals surface area contributed by atoms with Crippen molar-refractivity contribution in [3.8, 4) is 11.4 Å². The van der Waals surface area contributed by atoms with Crippen molar-refractivity contribution in [3.05, 3.63) is 65.0 Å². The molecule has 0 saturated heterocycles. The molecule has 0 aliphatic rings. The lowest BCUT2D eigenvalue weighted by atomic mass is 10.1. The number of carbonyl (C=O) groups excluding carboxylic acids is 1. The summed E-state index contributed by atoms with van der Waals surface area (Å²) in [4.78, 5) is 26.2. The second kappa shape index (κ2) is 7.55. The van der Waals surface area contributed by atoms with Crippen LogP contribution in [0.4, 0.5) is 5.69 Å². The lowest BCUT2D eigenvalue weighted by Gasteiger charge is -2.11. The predicted octanol–water partition coefficient (Wildman–Crippen LogP) is 3.71. The summed E-state index contributed by atoms with van der Waals surface area (Å²) in [5.74, 6) is 0.510. The zero-order chi connectivity index (χ0) is 21.4. The van der Waals surface area contributed by atoms with Gasteiger partial charge >= 0.3 is 0 Å². The number of carbonyl (C=O) groups is 1. The summed E-state index contributed by atoms with van der Waals surface area (Å²) in [5, 5.41) is 8.32. The largest absolute Gasteiger partial charge is 0.497 e. The molecule has 1 N–H and O–H groups in total. The maximum atomic E-state index is 13.2. The third kappa shape index (κ3) is 3.36. The second-order valence-corrected chi connectivity index (χ2v) is 7.08. The molecule has 30 heavy (non-hydrogen) atoms. The van der Waals surface area contributed by atoms with Crippen LogP contribution in [-0.2, 0) is 0 Å². The number of ether oxygens (including phenoxy) is 1. The number of methoxy groups -OCH3 is 1. The summed E-state index contributed by atoms with van der Waals surface area (Å²) in [7, 11) is 1.62. The van der Waals surface area contributed by atoms with E-state index in [4.69, 9.17) is 4.74 Å². The van der Waals surface area contributed by atoms with E-state index in [0.29, 0.717) is 33.7 Å². The highest BCUT2D eigenvalue weighted by atomic mass is 16.5. The third-order valence-electron chi connectivity index (χ3n) is 4.97. The van der Waals surface area contributed by atoms with Crippen LogP contribution < -0.4 is 10.1 Å². The van der Waals surface area contributed by atoms with E-state index >= 15 is 0 Å². The van der Waals surface area contributed by atoms with Crippen molar-refractivity contribution in [2.75, 3.05) is 12.4 Å². The Morgan fingerprint density at radius 2 is 1.67 bits per heavy atom. The van der Waals surface area contributed by atoms with Gasteiger partial charge in [0.2, 0.25) is 0 Å². The molecule has 0 aliphatic carbocycles. The molecule has 4 rings (SSSR count). The molecule has 0 spiro atoms. The molecule has 8 heteroatoms. The number of benzene rings is 1. The number of hydrogen-bond donors (Lipinski definition) is 1. The average molecular weight is 402 g/mol. The standard InChI is InChI=1S/C22H22N6O2/c1-12-10-18(22(29)26-20-14(3)23-11-24-15(20)4)19-13(2)27-28(21(19)25-12)16-6-8-17(30-5)9-7-16/h6-11H,1-5H3,(H,26,29). The maximum absolute atomic E-state index is 13.2. The fourth-order valence-corrected chi connectivity index (χ4v) is 3.45. The number of anilines is 1. The van der Waals surface area contributed by atoms with Gasteiger partial charge in [0.25, 0.3) is 5.91 Å². The Kier molecular flexibility index (Phi) is 4.91. The van der Waals surface area contributed by atoms with Crippen molar-refractivity contribution in [2.45, 2.75) is 27.7 Å². The lowest BCUT2D eigenvalue weighted by Crippen LogP contribution is -2.16. The van der Waals surface area contributed by atoms with E-state index < -0.39 is 0 Å². The van der Waals surface area contributed by atoms with Gasteiger partial charge in [0.05, 0.1) is 46.5 Å². The number of amides is 1. The highest BCUT2D eigenvalue weighted by Crippen LogP contribution is 2.27. The van der Waals surface area contributed by atoms with Gasteiger partial charge in [-0.2, -0.15) is 5.10 Å². The van der Waals surface area contributed by atoms with Crippen LogP contribution in [0.5, 0.6) is 5.75 Å². The average Bonchev–Trinajstić information content (AvgIpc) is 3.06. The van der Waals surface area contributed by atoms with Gasteiger partial charge in [-0.05, 0) is 58.0 Å². The molecule has 4 aromatic rings. The van der Waals surface area contributed by atoms with Crippen LogP contribution >= 0.6 is 0 Å². The van der Waals surface area contributed by atoms with E-state index in [1.54, 1.807) is 17.9 Å². The van der Waals surface area contributed by atoms with Crippen molar-refractivity contribution in [1.29, 1.82) is 0 Å². The van der Waals surface area contributed by atoms with Crippen molar-refractivity contribution in [1.82, 2.24) is 24.7 Å². The van der Waals surface area contributed by atoms with Gasteiger partial charge in [-0.1, -0.05) is 0 Å². The summed E-state index contributed by atoms with van der Waals surface area (Å²) in [6, 6.07) is 9.31. The quantitative estimate of drug-likeness (QED) is 0.559. The molecule has 0 saturated carbocycles. The first-order chi connectivity index (χ1) is 14.4. The summed E-state index contributed by atoms with van der Waals surface area (Å²) in [6.45, 7) is 7.41. The number of aromatic nitrogens is 5. The normalized spacial score (nSPS) is 11.0. The molecular weight excluding hydrogens is 380 g/mol. The van der Waals surface area contributed by atoms with Crippen LogP contribution in [0.25, 0.3) is 16.7 Å². The van der Waals surface area contributed by atoms with Crippen LogP contribution in [-0.4, -0.2) is 37.7 Å². The minimum absolute atomic E-state index is 0.246. The summed E-state index contributed by atoms with van der Waals surface area (Å²) in [6.07, 6.45) is 1.48. The summed E-state index contributed by atoms with van der Waals surface area (Å²) in [5.41, 5.74) is 5.45. The molecule has 0 aliphatic heterocycles. The predicted molar refractivity (Wildman–Crippen MR) is 114 cm³/mol. The minimum Gasteiger partial charge on any atom is -0.497 e.